The molecule has 0 unspecified atom stereocenters. The topological polar surface area (TPSA) is 96.3 Å². The SMILES string of the molecule is CNCc1cc2cc3c(cc2n1C)CCCc1cc(OC(=O)O)c(=O)[nH]c1-3. The van der Waals surface area contributed by atoms with Crippen LogP contribution in [0.2, 0.25) is 0 Å². The summed E-state index contributed by atoms with van der Waals surface area (Å²) in [6.45, 7) is 0.777. The zero-order chi connectivity index (χ0) is 19.1. The highest BCUT2D eigenvalue weighted by atomic mass is 16.7. The van der Waals surface area contributed by atoms with Crippen LogP contribution < -0.4 is 15.6 Å². The van der Waals surface area contributed by atoms with Gasteiger partial charge in [0, 0.05) is 35.8 Å². The Morgan fingerprint density at radius 2 is 2.04 bits per heavy atom. The van der Waals surface area contributed by atoms with Crippen LogP contribution in [0.5, 0.6) is 5.75 Å². The smallest absolute Gasteiger partial charge is 0.449 e. The molecule has 0 atom stereocenters. The van der Waals surface area contributed by atoms with E-state index in [4.69, 9.17) is 5.11 Å². The van der Waals surface area contributed by atoms with E-state index in [1.807, 2.05) is 7.05 Å². The molecule has 0 fully saturated rings. The minimum absolute atomic E-state index is 0.179. The van der Waals surface area contributed by atoms with Gasteiger partial charge >= 0.3 is 6.16 Å². The van der Waals surface area contributed by atoms with Crippen LogP contribution in [-0.4, -0.2) is 27.9 Å². The number of ether oxygens (including phenoxy) is 1. The highest BCUT2D eigenvalue weighted by Gasteiger charge is 2.20. The Balaban J connectivity index is 1.91. The maximum absolute atomic E-state index is 12.3. The number of aromatic amines is 1. The standard InChI is InChI=1S/C20H21N3O4/c1-21-10-14-6-13-7-15-11(8-16(13)23(14)2)4-3-5-12-9-17(27-20(25)26)19(24)22-18(12)15/h6-9,21H,3-5,10H2,1-2H3,(H,22,24)(H,25,26). The number of nitrogens with zero attached hydrogens (tertiary/aromatic N) is 1. The van der Waals surface area contributed by atoms with Crippen LogP contribution in [0.25, 0.3) is 22.2 Å². The maximum atomic E-state index is 12.3. The lowest BCUT2D eigenvalue weighted by Gasteiger charge is -2.11. The van der Waals surface area contributed by atoms with Gasteiger partial charge in [0.1, 0.15) is 0 Å². The van der Waals surface area contributed by atoms with Crippen molar-refractivity contribution >= 4 is 17.1 Å². The third-order valence-corrected chi connectivity index (χ3v) is 5.17. The molecule has 0 aliphatic heterocycles. The van der Waals surface area contributed by atoms with Crippen molar-refractivity contribution in [1.29, 1.82) is 0 Å². The van der Waals surface area contributed by atoms with Crippen molar-refractivity contribution in [3.8, 4) is 17.0 Å². The van der Waals surface area contributed by atoms with Gasteiger partial charge in [-0.1, -0.05) is 0 Å². The number of benzene rings is 1. The Hall–Kier alpha value is -3.06. The molecule has 1 aliphatic rings. The fourth-order valence-electron chi connectivity index (χ4n) is 3.90. The zero-order valence-corrected chi connectivity index (χ0v) is 15.3. The minimum atomic E-state index is -1.49. The summed E-state index contributed by atoms with van der Waals surface area (Å²) in [6.07, 6.45) is 1.07. The first-order chi connectivity index (χ1) is 13.0. The number of H-pyrrole nitrogens is 1. The summed E-state index contributed by atoms with van der Waals surface area (Å²) >= 11 is 0. The van der Waals surface area contributed by atoms with Crippen LogP contribution in [0.1, 0.15) is 23.2 Å². The van der Waals surface area contributed by atoms with Crippen molar-refractivity contribution in [3.05, 3.63) is 51.4 Å². The minimum Gasteiger partial charge on any atom is -0.449 e. The third kappa shape index (κ3) is 3.00. The normalized spacial score (nSPS) is 13.1. The number of nitrogens with one attached hydrogen (secondary N) is 2. The number of carboxylic acid groups (broad SMARTS) is 1. The van der Waals surface area contributed by atoms with Gasteiger partial charge in [-0.3, -0.25) is 4.79 Å². The molecule has 2 heterocycles. The van der Waals surface area contributed by atoms with E-state index in [9.17, 15) is 9.59 Å². The van der Waals surface area contributed by atoms with E-state index in [0.29, 0.717) is 0 Å². The van der Waals surface area contributed by atoms with Crippen molar-refractivity contribution in [2.75, 3.05) is 7.05 Å². The predicted molar refractivity (Wildman–Crippen MR) is 102 cm³/mol. The van der Waals surface area contributed by atoms with Crippen molar-refractivity contribution in [1.82, 2.24) is 14.9 Å². The van der Waals surface area contributed by atoms with Crippen LogP contribution in [0.4, 0.5) is 4.79 Å². The lowest BCUT2D eigenvalue weighted by Crippen LogP contribution is -2.16. The van der Waals surface area contributed by atoms with E-state index in [-0.39, 0.29) is 5.75 Å². The number of carbonyl (C=O) groups is 1. The first-order valence-electron chi connectivity index (χ1n) is 8.91. The molecule has 27 heavy (non-hydrogen) atoms. The number of pyridine rings is 1. The number of hydrogen-bond donors (Lipinski definition) is 3. The Bertz CT molecular complexity index is 1110. The van der Waals surface area contributed by atoms with Gasteiger partial charge < -0.3 is 24.7 Å². The van der Waals surface area contributed by atoms with Gasteiger partial charge in [-0.05, 0) is 61.7 Å². The van der Waals surface area contributed by atoms with Crippen LogP contribution in [0, 0.1) is 0 Å². The molecule has 1 aromatic carbocycles. The van der Waals surface area contributed by atoms with Crippen LogP contribution in [0.15, 0.2) is 29.1 Å². The summed E-state index contributed by atoms with van der Waals surface area (Å²) < 4.78 is 6.80. The van der Waals surface area contributed by atoms with E-state index < -0.39 is 11.7 Å². The quantitative estimate of drug-likeness (QED) is 0.619. The Morgan fingerprint density at radius 3 is 2.78 bits per heavy atom. The molecule has 0 amide bonds. The van der Waals surface area contributed by atoms with Gasteiger partial charge in [0.05, 0.1) is 5.69 Å². The van der Waals surface area contributed by atoms with E-state index in [0.717, 1.165) is 53.5 Å². The summed E-state index contributed by atoms with van der Waals surface area (Å²) in [5.74, 6) is -0.179. The molecule has 7 nitrogen and oxygen atoms in total. The maximum Gasteiger partial charge on any atom is 0.511 e. The molecule has 0 spiro atoms. The molecule has 3 N–H and O–H groups in total. The lowest BCUT2D eigenvalue weighted by molar-refractivity contribution is 0.143. The van der Waals surface area contributed by atoms with Crippen LogP contribution in [0.3, 0.4) is 0 Å². The summed E-state index contributed by atoms with van der Waals surface area (Å²) in [5.41, 5.74) is 5.65. The number of rotatable bonds is 3. The number of aromatic nitrogens is 2. The van der Waals surface area contributed by atoms with E-state index in [1.165, 1.54) is 11.3 Å². The second kappa shape index (κ2) is 6.59. The van der Waals surface area contributed by atoms with Crippen molar-refractivity contribution in [2.24, 2.45) is 7.05 Å². The van der Waals surface area contributed by atoms with Gasteiger partial charge in [-0.2, -0.15) is 0 Å². The Morgan fingerprint density at radius 1 is 1.26 bits per heavy atom. The molecule has 140 valence electrons. The summed E-state index contributed by atoms with van der Waals surface area (Å²) in [5, 5.41) is 13.1. The molecule has 0 radical (unpaired) electrons. The third-order valence-electron chi connectivity index (χ3n) is 5.17. The summed E-state index contributed by atoms with van der Waals surface area (Å²) in [7, 11) is 3.98. The number of hydrogen-bond acceptors (Lipinski definition) is 4. The second-order valence-electron chi connectivity index (χ2n) is 6.88. The molecule has 2 aromatic heterocycles. The molecular formula is C20H21N3O4. The van der Waals surface area contributed by atoms with Gasteiger partial charge in [-0.25, -0.2) is 4.79 Å². The highest BCUT2D eigenvalue weighted by molar-refractivity contribution is 5.88. The molecule has 1 aliphatic carbocycles. The predicted octanol–water partition coefficient (Wildman–Crippen LogP) is 2.80. The zero-order valence-electron chi connectivity index (χ0n) is 15.3. The van der Waals surface area contributed by atoms with Gasteiger partial charge in [-0.15, -0.1) is 0 Å². The summed E-state index contributed by atoms with van der Waals surface area (Å²) in [6, 6.07) is 8.01. The van der Waals surface area contributed by atoms with Crippen molar-refractivity contribution in [2.45, 2.75) is 25.8 Å². The van der Waals surface area contributed by atoms with Gasteiger partial charge in [0.25, 0.3) is 5.56 Å². The first-order valence-corrected chi connectivity index (χ1v) is 8.91. The lowest BCUT2D eigenvalue weighted by atomic mass is 9.99. The fraction of sp³-hybridized carbons (Fsp3) is 0.300. The monoisotopic (exact) mass is 367 g/mol. The Labute approximate surface area is 155 Å². The molecule has 0 saturated carbocycles. The molecular weight excluding hydrogens is 346 g/mol. The van der Waals surface area contributed by atoms with Gasteiger partial charge in [0.2, 0.25) is 0 Å². The van der Waals surface area contributed by atoms with Crippen LogP contribution in [-0.2, 0) is 26.4 Å². The second-order valence-corrected chi connectivity index (χ2v) is 6.88. The molecule has 0 saturated heterocycles. The largest absolute Gasteiger partial charge is 0.511 e. The average Bonchev–Trinajstić information content (AvgIpc) is 2.81. The molecule has 0 bridgehead atoms. The van der Waals surface area contributed by atoms with Crippen LogP contribution >= 0.6 is 0 Å². The highest BCUT2D eigenvalue weighted by Crippen LogP contribution is 2.35. The number of fused-ring (bicyclic) bond motifs is 4. The van der Waals surface area contributed by atoms with E-state index >= 15 is 0 Å². The average molecular weight is 367 g/mol. The summed E-state index contributed by atoms with van der Waals surface area (Å²) in [4.78, 5) is 26.0. The van der Waals surface area contributed by atoms with Crippen molar-refractivity contribution in [3.63, 3.8) is 0 Å². The fourth-order valence-corrected chi connectivity index (χ4v) is 3.90. The van der Waals surface area contributed by atoms with Crippen molar-refractivity contribution < 1.29 is 14.6 Å². The van der Waals surface area contributed by atoms with Gasteiger partial charge in [0.15, 0.2) is 5.75 Å². The molecule has 7 heteroatoms. The Kier molecular flexibility index (Phi) is 4.24. The molecule has 3 aromatic rings. The van der Waals surface area contributed by atoms with E-state index in [2.05, 4.69) is 44.9 Å². The number of aryl methyl sites for hydroxylation is 3. The van der Waals surface area contributed by atoms with E-state index in [1.54, 1.807) is 6.07 Å². The first kappa shape index (κ1) is 17.4. The molecule has 4 rings (SSSR count).